The zero-order valence-corrected chi connectivity index (χ0v) is 12.2. The average Bonchev–Trinajstić information content (AvgIpc) is 2.47. The molecule has 2 heterocycles. The van der Waals surface area contributed by atoms with Gasteiger partial charge in [0.1, 0.15) is 0 Å². The summed E-state index contributed by atoms with van der Waals surface area (Å²) in [5.74, 6) is 1.11. The van der Waals surface area contributed by atoms with Crippen molar-refractivity contribution in [1.29, 1.82) is 0 Å². The normalized spacial score (nSPS) is 22.7. The van der Waals surface area contributed by atoms with Crippen molar-refractivity contribution in [3.05, 3.63) is 0 Å². The number of ether oxygens (including phenoxy) is 1. The number of carbonyl (C=O) groups excluding carboxylic acids is 1. The third-order valence-electron chi connectivity index (χ3n) is 4.42. The molecule has 1 N–H and O–H groups in total. The van der Waals surface area contributed by atoms with Crippen LogP contribution in [0.3, 0.4) is 0 Å². The van der Waals surface area contributed by atoms with Gasteiger partial charge in [-0.25, -0.2) is 0 Å². The maximum absolute atomic E-state index is 12.2. The van der Waals surface area contributed by atoms with Crippen LogP contribution in [0.4, 0.5) is 0 Å². The van der Waals surface area contributed by atoms with Gasteiger partial charge >= 0.3 is 0 Å². The molecule has 0 aromatic heterocycles. The van der Waals surface area contributed by atoms with Crippen LogP contribution in [-0.4, -0.2) is 49.7 Å². The van der Waals surface area contributed by atoms with Crippen LogP contribution in [0.2, 0.25) is 0 Å². The second-order valence-corrected chi connectivity index (χ2v) is 5.77. The molecule has 0 spiro atoms. The lowest BCUT2D eigenvalue weighted by molar-refractivity contribution is -0.134. The highest BCUT2D eigenvalue weighted by Crippen LogP contribution is 2.20. The molecular weight excluding hydrogens is 240 g/mol. The predicted molar refractivity (Wildman–Crippen MR) is 76.1 cm³/mol. The van der Waals surface area contributed by atoms with E-state index >= 15 is 0 Å². The number of rotatable bonds is 5. The summed E-state index contributed by atoms with van der Waals surface area (Å²) in [5.41, 5.74) is 0. The van der Waals surface area contributed by atoms with Crippen LogP contribution in [0.1, 0.15) is 45.4 Å². The second-order valence-electron chi connectivity index (χ2n) is 5.77. The van der Waals surface area contributed by atoms with E-state index in [-0.39, 0.29) is 0 Å². The molecule has 4 nitrogen and oxygen atoms in total. The summed E-state index contributed by atoms with van der Waals surface area (Å²) in [6, 6.07) is 0. The van der Waals surface area contributed by atoms with Gasteiger partial charge in [0.15, 0.2) is 0 Å². The van der Waals surface area contributed by atoms with Gasteiger partial charge in [0, 0.05) is 26.1 Å². The Morgan fingerprint density at radius 2 is 1.89 bits per heavy atom. The van der Waals surface area contributed by atoms with Crippen LogP contribution in [0.5, 0.6) is 0 Å². The SMILES string of the molecule is CCOC1CCN(C(=O)CCC2CCNCC2)CC1. The van der Waals surface area contributed by atoms with Gasteiger partial charge in [-0.2, -0.15) is 0 Å². The van der Waals surface area contributed by atoms with Crippen molar-refractivity contribution in [2.75, 3.05) is 32.8 Å². The minimum Gasteiger partial charge on any atom is -0.378 e. The zero-order valence-electron chi connectivity index (χ0n) is 12.2. The van der Waals surface area contributed by atoms with Crippen LogP contribution >= 0.6 is 0 Å². The highest BCUT2D eigenvalue weighted by molar-refractivity contribution is 5.76. The van der Waals surface area contributed by atoms with Crippen LogP contribution < -0.4 is 5.32 Å². The molecule has 0 radical (unpaired) electrons. The van der Waals surface area contributed by atoms with Gasteiger partial charge in [0.25, 0.3) is 0 Å². The summed E-state index contributed by atoms with van der Waals surface area (Å²) in [5, 5.41) is 3.37. The highest BCUT2D eigenvalue weighted by Gasteiger charge is 2.23. The van der Waals surface area contributed by atoms with E-state index < -0.39 is 0 Å². The molecule has 4 heteroatoms. The van der Waals surface area contributed by atoms with E-state index in [2.05, 4.69) is 5.32 Å². The van der Waals surface area contributed by atoms with Crippen molar-refractivity contribution >= 4 is 5.91 Å². The highest BCUT2D eigenvalue weighted by atomic mass is 16.5. The van der Waals surface area contributed by atoms with E-state index in [1.165, 1.54) is 12.8 Å². The Kier molecular flexibility index (Phi) is 6.11. The number of nitrogens with zero attached hydrogens (tertiary/aromatic N) is 1. The first-order valence-electron chi connectivity index (χ1n) is 7.89. The summed E-state index contributed by atoms with van der Waals surface area (Å²) in [6.45, 7) is 6.84. The van der Waals surface area contributed by atoms with E-state index in [0.29, 0.717) is 12.0 Å². The van der Waals surface area contributed by atoms with Crippen molar-refractivity contribution in [3.8, 4) is 0 Å². The molecule has 0 unspecified atom stereocenters. The summed E-state index contributed by atoms with van der Waals surface area (Å²) in [4.78, 5) is 14.2. The Morgan fingerprint density at radius 1 is 1.21 bits per heavy atom. The van der Waals surface area contributed by atoms with Gasteiger partial charge in [0.2, 0.25) is 5.91 Å². The van der Waals surface area contributed by atoms with Crippen LogP contribution in [0.15, 0.2) is 0 Å². The second kappa shape index (κ2) is 7.85. The first-order valence-corrected chi connectivity index (χ1v) is 7.89. The van der Waals surface area contributed by atoms with Crippen molar-refractivity contribution < 1.29 is 9.53 Å². The molecule has 2 saturated heterocycles. The summed E-state index contributed by atoms with van der Waals surface area (Å²) in [7, 11) is 0. The fraction of sp³-hybridized carbons (Fsp3) is 0.933. The number of piperidine rings is 2. The quantitative estimate of drug-likeness (QED) is 0.826. The molecule has 0 atom stereocenters. The van der Waals surface area contributed by atoms with Gasteiger partial charge in [-0.15, -0.1) is 0 Å². The number of nitrogens with one attached hydrogen (secondary N) is 1. The van der Waals surface area contributed by atoms with Crippen molar-refractivity contribution in [1.82, 2.24) is 10.2 Å². The van der Waals surface area contributed by atoms with E-state index in [1.54, 1.807) is 0 Å². The summed E-state index contributed by atoms with van der Waals surface area (Å²) in [6.07, 6.45) is 6.67. The topological polar surface area (TPSA) is 41.6 Å². The molecular formula is C15H28N2O2. The average molecular weight is 268 g/mol. The minimum absolute atomic E-state index is 0.355. The standard InChI is InChI=1S/C15H28N2O2/c1-2-19-14-7-11-17(12-8-14)15(18)4-3-13-5-9-16-10-6-13/h13-14,16H,2-12H2,1H3. The first-order chi connectivity index (χ1) is 9.29. The van der Waals surface area contributed by atoms with E-state index in [9.17, 15) is 4.79 Å². The maximum Gasteiger partial charge on any atom is 0.222 e. The number of amides is 1. The molecule has 2 rings (SSSR count). The summed E-state index contributed by atoms with van der Waals surface area (Å²) < 4.78 is 5.62. The third kappa shape index (κ3) is 4.77. The summed E-state index contributed by atoms with van der Waals surface area (Å²) >= 11 is 0. The third-order valence-corrected chi connectivity index (χ3v) is 4.42. The van der Waals surface area contributed by atoms with Crippen LogP contribution in [0.25, 0.3) is 0 Å². The monoisotopic (exact) mass is 268 g/mol. The number of hydrogen-bond acceptors (Lipinski definition) is 3. The molecule has 0 aliphatic carbocycles. The predicted octanol–water partition coefficient (Wildman–Crippen LogP) is 1.79. The van der Waals surface area contributed by atoms with Crippen LogP contribution in [-0.2, 0) is 9.53 Å². The minimum atomic E-state index is 0.355. The van der Waals surface area contributed by atoms with Gasteiger partial charge in [-0.3, -0.25) is 4.79 Å². The van der Waals surface area contributed by atoms with Crippen molar-refractivity contribution in [2.24, 2.45) is 5.92 Å². The van der Waals surface area contributed by atoms with E-state index in [0.717, 1.165) is 64.4 Å². The van der Waals surface area contributed by atoms with Gasteiger partial charge in [0.05, 0.1) is 6.10 Å². The molecule has 2 fully saturated rings. The molecule has 2 aliphatic heterocycles. The van der Waals surface area contributed by atoms with Gasteiger partial charge < -0.3 is 15.0 Å². The van der Waals surface area contributed by atoms with Crippen LogP contribution in [0, 0.1) is 5.92 Å². The van der Waals surface area contributed by atoms with Crippen molar-refractivity contribution in [3.63, 3.8) is 0 Å². The molecule has 1 amide bonds. The fourth-order valence-corrected chi connectivity index (χ4v) is 3.16. The molecule has 110 valence electrons. The van der Waals surface area contributed by atoms with E-state index in [4.69, 9.17) is 4.74 Å². The van der Waals surface area contributed by atoms with E-state index in [1.807, 2.05) is 11.8 Å². The number of hydrogen-bond donors (Lipinski definition) is 1. The lowest BCUT2D eigenvalue weighted by atomic mass is 9.93. The molecule has 19 heavy (non-hydrogen) atoms. The lowest BCUT2D eigenvalue weighted by Crippen LogP contribution is -2.41. The Balaban J connectivity index is 1.63. The Bertz CT molecular complexity index is 269. The molecule has 0 aromatic rings. The molecule has 0 saturated carbocycles. The zero-order chi connectivity index (χ0) is 13.5. The lowest BCUT2D eigenvalue weighted by Gasteiger charge is -2.32. The first kappa shape index (κ1) is 14.8. The van der Waals surface area contributed by atoms with Gasteiger partial charge in [-0.1, -0.05) is 0 Å². The maximum atomic E-state index is 12.2. The Labute approximate surface area is 116 Å². The molecule has 0 bridgehead atoms. The molecule has 2 aliphatic rings. The number of likely N-dealkylation sites (tertiary alicyclic amines) is 1. The molecule has 0 aromatic carbocycles. The van der Waals surface area contributed by atoms with Gasteiger partial charge in [-0.05, 0) is 58.0 Å². The smallest absolute Gasteiger partial charge is 0.222 e. The largest absolute Gasteiger partial charge is 0.378 e. The van der Waals surface area contributed by atoms with Crippen molar-refractivity contribution in [2.45, 2.75) is 51.6 Å². The fourth-order valence-electron chi connectivity index (χ4n) is 3.16. The Morgan fingerprint density at radius 3 is 2.53 bits per heavy atom. The number of carbonyl (C=O) groups is 1. The Hall–Kier alpha value is -0.610.